The van der Waals surface area contributed by atoms with Crippen LogP contribution in [-0.2, 0) is 4.74 Å². The van der Waals surface area contributed by atoms with E-state index in [0.29, 0.717) is 5.65 Å². The minimum atomic E-state index is -0.466. The van der Waals surface area contributed by atoms with Crippen LogP contribution in [0.25, 0.3) is 16.8 Å². The molecule has 0 aliphatic heterocycles. The van der Waals surface area contributed by atoms with Gasteiger partial charge in [-0.25, -0.2) is 14.3 Å². The third-order valence-electron chi connectivity index (χ3n) is 2.81. The van der Waals surface area contributed by atoms with E-state index in [1.165, 1.54) is 7.11 Å². The molecule has 94 valence electrons. The summed E-state index contributed by atoms with van der Waals surface area (Å²) >= 11 is 0. The number of carbonyl (C=O) groups is 1. The van der Waals surface area contributed by atoms with E-state index < -0.39 is 5.97 Å². The number of benzene rings is 1. The van der Waals surface area contributed by atoms with Gasteiger partial charge in [-0.3, -0.25) is 0 Å². The van der Waals surface area contributed by atoms with Gasteiger partial charge in [-0.15, -0.1) is 0 Å². The Morgan fingerprint density at radius 3 is 2.74 bits per heavy atom. The zero-order valence-electron chi connectivity index (χ0n) is 10.3. The van der Waals surface area contributed by atoms with Crippen LogP contribution in [-0.4, -0.2) is 27.7 Å². The molecule has 0 atom stereocenters. The van der Waals surface area contributed by atoms with E-state index in [9.17, 15) is 4.79 Å². The first-order valence-corrected chi connectivity index (χ1v) is 5.77. The van der Waals surface area contributed by atoms with Crippen LogP contribution in [0.5, 0.6) is 0 Å². The number of ether oxygens (including phenoxy) is 1. The number of carbonyl (C=O) groups excluding carboxylic acids is 1. The molecule has 0 unspecified atom stereocenters. The van der Waals surface area contributed by atoms with Gasteiger partial charge in [0.25, 0.3) is 0 Å². The third kappa shape index (κ3) is 2.06. The van der Waals surface area contributed by atoms with Crippen LogP contribution in [0.1, 0.15) is 10.5 Å². The number of nitrogens with zero attached hydrogens (tertiary/aromatic N) is 3. The van der Waals surface area contributed by atoms with E-state index in [0.717, 1.165) is 11.1 Å². The highest BCUT2D eigenvalue weighted by atomic mass is 16.5. The van der Waals surface area contributed by atoms with E-state index in [1.807, 2.05) is 36.5 Å². The topological polar surface area (TPSA) is 56.5 Å². The van der Waals surface area contributed by atoms with Crippen LogP contribution in [0.15, 0.2) is 48.8 Å². The van der Waals surface area contributed by atoms with Gasteiger partial charge in [0.15, 0.2) is 11.3 Å². The standard InChI is InChI=1S/C14H11N3O2/c1-19-14(18)12-7-13-15-8-11(9-17(13)16-12)10-5-3-2-4-6-10/h2-9H,1H3. The van der Waals surface area contributed by atoms with Crippen molar-refractivity contribution in [2.24, 2.45) is 0 Å². The molecule has 0 amide bonds. The molecular formula is C14H11N3O2. The molecule has 19 heavy (non-hydrogen) atoms. The Morgan fingerprint density at radius 2 is 2.00 bits per heavy atom. The van der Waals surface area contributed by atoms with Gasteiger partial charge in [0, 0.05) is 24.0 Å². The normalized spacial score (nSPS) is 10.6. The van der Waals surface area contributed by atoms with E-state index in [2.05, 4.69) is 14.8 Å². The first-order valence-electron chi connectivity index (χ1n) is 5.77. The first-order chi connectivity index (χ1) is 9.28. The molecule has 0 N–H and O–H groups in total. The van der Waals surface area contributed by atoms with Crippen LogP contribution in [0, 0.1) is 0 Å². The summed E-state index contributed by atoms with van der Waals surface area (Å²) in [7, 11) is 1.33. The second-order valence-corrected chi connectivity index (χ2v) is 4.03. The number of esters is 1. The Bertz CT molecular complexity index is 735. The van der Waals surface area contributed by atoms with E-state index in [-0.39, 0.29) is 5.69 Å². The third-order valence-corrected chi connectivity index (χ3v) is 2.81. The van der Waals surface area contributed by atoms with Crippen molar-refractivity contribution in [3.05, 3.63) is 54.5 Å². The molecule has 0 spiro atoms. The second kappa shape index (κ2) is 4.53. The Labute approximate surface area is 109 Å². The maximum atomic E-state index is 11.4. The molecule has 0 fully saturated rings. The van der Waals surface area contributed by atoms with Gasteiger partial charge in [-0.05, 0) is 5.56 Å². The van der Waals surface area contributed by atoms with Crippen LogP contribution in [0.2, 0.25) is 0 Å². The number of aromatic nitrogens is 3. The number of hydrogen-bond donors (Lipinski definition) is 0. The summed E-state index contributed by atoms with van der Waals surface area (Å²) in [5.41, 5.74) is 2.85. The predicted octanol–water partition coefficient (Wildman–Crippen LogP) is 2.18. The summed E-state index contributed by atoms with van der Waals surface area (Å²) in [6.07, 6.45) is 3.59. The van der Waals surface area contributed by atoms with Crippen molar-refractivity contribution < 1.29 is 9.53 Å². The quantitative estimate of drug-likeness (QED) is 0.657. The molecule has 5 heteroatoms. The Balaban J connectivity index is 2.09. The number of fused-ring (bicyclic) bond motifs is 1. The van der Waals surface area contributed by atoms with Crippen molar-refractivity contribution in [3.63, 3.8) is 0 Å². The molecule has 0 saturated carbocycles. The van der Waals surface area contributed by atoms with E-state index in [4.69, 9.17) is 0 Å². The van der Waals surface area contributed by atoms with E-state index in [1.54, 1.807) is 16.8 Å². The maximum absolute atomic E-state index is 11.4. The summed E-state index contributed by atoms with van der Waals surface area (Å²) in [4.78, 5) is 15.7. The fourth-order valence-corrected chi connectivity index (χ4v) is 1.86. The summed E-state index contributed by atoms with van der Waals surface area (Å²) in [5, 5.41) is 4.15. The first kappa shape index (κ1) is 11.4. The van der Waals surface area contributed by atoms with Gasteiger partial charge in [-0.2, -0.15) is 5.10 Å². The molecule has 0 radical (unpaired) electrons. The minimum absolute atomic E-state index is 0.250. The fourth-order valence-electron chi connectivity index (χ4n) is 1.86. The largest absolute Gasteiger partial charge is 0.464 e. The van der Waals surface area contributed by atoms with Gasteiger partial charge >= 0.3 is 5.97 Å². The molecule has 5 nitrogen and oxygen atoms in total. The highest BCUT2D eigenvalue weighted by Crippen LogP contribution is 2.18. The molecule has 0 bridgehead atoms. The summed E-state index contributed by atoms with van der Waals surface area (Å²) < 4.78 is 6.22. The summed E-state index contributed by atoms with van der Waals surface area (Å²) in [5.74, 6) is -0.466. The van der Waals surface area contributed by atoms with Crippen molar-refractivity contribution in [3.8, 4) is 11.1 Å². The molecule has 2 aromatic heterocycles. The van der Waals surface area contributed by atoms with Gasteiger partial charge in [0.1, 0.15) is 0 Å². The van der Waals surface area contributed by atoms with Gasteiger partial charge in [0.05, 0.1) is 7.11 Å². The second-order valence-electron chi connectivity index (χ2n) is 4.03. The molecule has 1 aromatic carbocycles. The zero-order valence-corrected chi connectivity index (χ0v) is 10.3. The predicted molar refractivity (Wildman–Crippen MR) is 69.8 cm³/mol. The van der Waals surface area contributed by atoms with Crippen LogP contribution < -0.4 is 0 Å². The monoisotopic (exact) mass is 253 g/mol. The number of rotatable bonds is 2. The SMILES string of the molecule is COC(=O)c1cc2ncc(-c3ccccc3)cn2n1. The molecule has 0 saturated heterocycles. The summed E-state index contributed by atoms with van der Waals surface area (Å²) in [6, 6.07) is 11.5. The molecule has 0 aliphatic carbocycles. The molecule has 0 aliphatic rings. The van der Waals surface area contributed by atoms with Crippen molar-refractivity contribution >= 4 is 11.6 Å². The lowest BCUT2D eigenvalue weighted by Crippen LogP contribution is -2.02. The fraction of sp³-hybridized carbons (Fsp3) is 0.0714. The highest BCUT2D eigenvalue weighted by molar-refractivity contribution is 5.88. The van der Waals surface area contributed by atoms with Crippen molar-refractivity contribution in [2.45, 2.75) is 0 Å². The number of methoxy groups -OCH3 is 1. The minimum Gasteiger partial charge on any atom is -0.464 e. The molecule has 3 rings (SSSR count). The van der Waals surface area contributed by atoms with Crippen molar-refractivity contribution in [2.75, 3.05) is 7.11 Å². The Hall–Kier alpha value is -2.69. The number of hydrogen-bond acceptors (Lipinski definition) is 4. The Kier molecular flexibility index (Phi) is 2.72. The van der Waals surface area contributed by atoms with Crippen LogP contribution in [0.3, 0.4) is 0 Å². The lowest BCUT2D eigenvalue weighted by atomic mass is 10.1. The molecular weight excluding hydrogens is 242 g/mol. The lowest BCUT2D eigenvalue weighted by molar-refractivity contribution is 0.0593. The van der Waals surface area contributed by atoms with Crippen molar-refractivity contribution in [1.82, 2.24) is 14.6 Å². The lowest BCUT2D eigenvalue weighted by Gasteiger charge is -2.00. The molecule has 3 aromatic rings. The van der Waals surface area contributed by atoms with Crippen LogP contribution in [0.4, 0.5) is 0 Å². The Morgan fingerprint density at radius 1 is 1.21 bits per heavy atom. The molecule has 2 heterocycles. The van der Waals surface area contributed by atoms with Crippen molar-refractivity contribution in [1.29, 1.82) is 0 Å². The smallest absolute Gasteiger partial charge is 0.358 e. The van der Waals surface area contributed by atoms with Gasteiger partial charge in [-0.1, -0.05) is 30.3 Å². The zero-order chi connectivity index (χ0) is 13.2. The highest BCUT2D eigenvalue weighted by Gasteiger charge is 2.11. The average Bonchev–Trinajstić information content (AvgIpc) is 2.90. The maximum Gasteiger partial charge on any atom is 0.358 e. The van der Waals surface area contributed by atoms with Gasteiger partial charge in [0.2, 0.25) is 0 Å². The average molecular weight is 253 g/mol. The van der Waals surface area contributed by atoms with Gasteiger partial charge < -0.3 is 4.74 Å². The van der Waals surface area contributed by atoms with Crippen LogP contribution >= 0.6 is 0 Å². The van der Waals surface area contributed by atoms with E-state index >= 15 is 0 Å². The summed E-state index contributed by atoms with van der Waals surface area (Å²) in [6.45, 7) is 0.